The van der Waals surface area contributed by atoms with Crippen molar-refractivity contribution in [2.45, 2.75) is 58.0 Å². The lowest BCUT2D eigenvalue weighted by Crippen LogP contribution is -2.01. The van der Waals surface area contributed by atoms with Crippen LogP contribution in [0.2, 0.25) is 10.0 Å². The summed E-state index contributed by atoms with van der Waals surface area (Å²) in [6, 6.07) is 29.5. The topological polar surface area (TPSA) is 122 Å². The van der Waals surface area contributed by atoms with Crippen LogP contribution in [-0.2, 0) is 13.1 Å². The zero-order valence-electron chi connectivity index (χ0n) is 29.8. The summed E-state index contributed by atoms with van der Waals surface area (Å²) in [5.74, 6) is 0. The van der Waals surface area contributed by atoms with E-state index in [0.717, 1.165) is 102 Å². The molecule has 0 spiro atoms. The van der Waals surface area contributed by atoms with Gasteiger partial charge in [-0.25, -0.2) is 0 Å². The third kappa shape index (κ3) is 6.88. The van der Waals surface area contributed by atoms with E-state index in [0.29, 0.717) is 32.6 Å². The Bertz CT molecular complexity index is 2570. The lowest BCUT2D eigenvalue weighted by Gasteiger charge is -2.12. The normalized spacial score (nSPS) is 11.7. The molecule has 0 N–H and O–H groups in total. The minimum absolute atomic E-state index is 0.0249. The van der Waals surface area contributed by atoms with Gasteiger partial charge in [0.1, 0.15) is 0 Å². The van der Waals surface area contributed by atoms with Gasteiger partial charge in [0.15, 0.2) is 0 Å². The van der Waals surface area contributed by atoms with Crippen molar-refractivity contribution in [1.29, 1.82) is 0 Å². The number of aryl methyl sites for hydroxylation is 2. The average Bonchev–Trinajstić information content (AvgIpc) is 3.70. The van der Waals surface area contributed by atoms with E-state index in [1.165, 1.54) is 24.3 Å². The van der Waals surface area contributed by atoms with E-state index >= 15 is 0 Å². The van der Waals surface area contributed by atoms with Crippen LogP contribution in [0.3, 0.4) is 0 Å². The van der Waals surface area contributed by atoms with Gasteiger partial charge in [0.2, 0.25) is 0 Å². The fourth-order valence-electron chi connectivity index (χ4n) is 7.90. The molecular formula is C43H36Cl2N6O4. The number of nitrogens with zero attached hydrogens (tertiary/aromatic N) is 6. The molecule has 0 aliphatic rings. The van der Waals surface area contributed by atoms with Gasteiger partial charge in [0.25, 0.3) is 11.4 Å². The number of aromatic nitrogens is 4. The number of hydrogen-bond donors (Lipinski definition) is 0. The maximum absolute atomic E-state index is 11.6. The van der Waals surface area contributed by atoms with Crippen molar-refractivity contribution >= 4 is 78.2 Å². The first-order valence-electron chi connectivity index (χ1n) is 18.4. The Morgan fingerprint density at radius 1 is 0.509 bits per heavy atom. The van der Waals surface area contributed by atoms with Crippen LogP contribution in [-0.4, -0.2) is 28.9 Å². The Hall–Kier alpha value is -5.84. The van der Waals surface area contributed by atoms with Crippen LogP contribution in [0.4, 0.5) is 11.4 Å². The number of fused-ring (bicyclic) bond motifs is 6. The van der Waals surface area contributed by atoms with E-state index in [2.05, 4.69) is 33.4 Å². The predicted molar refractivity (Wildman–Crippen MR) is 221 cm³/mol. The highest BCUT2D eigenvalue weighted by Crippen LogP contribution is 2.40. The average molecular weight is 772 g/mol. The smallest absolute Gasteiger partial charge is 0.270 e. The van der Waals surface area contributed by atoms with E-state index in [-0.39, 0.29) is 11.4 Å². The molecule has 0 atom stereocenters. The molecule has 8 aromatic rings. The van der Waals surface area contributed by atoms with Gasteiger partial charge < -0.3 is 9.13 Å². The molecule has 0 unspecified atom stereocenters. The fraction of sp³-hybridized carbons (Fsp3) is 0.209. The molecular weight excluding hydrogens is 735 g/mol. The zero-order valence-corrected chi connectivity index (χ0v) is 31.3. The third-order valence-corrected chi connectivity index (χ3v) is 11.1. The van der Waals surface area contributed by atoms with Crippen molar-refractivity contribution in [3.63, 3.8) is 0 Å². The maximum Gasteiger partial charge on any atom is 0.270 e. The van der Waals surface area contributed by atoms with Crippen LogP contribution < -0.4 is 0 Å². The lowest BCUT2D eigenvalue weighted by atomic mass is 10.1. The number of unbranched alkanes of at least 4 members (excludes halogenated alkanes) is 6. The van der Waals surface area contributed by atoms with Crippen molar-refractivity contribution in [3.05, 3.63) is 140 Å². The van der Waals surface area contributed by atoms with Crippen LogP contribution in [0.15, 0.2) is 109 Å². The number of hydrogen-bond acceptors (Lipinski definition) is 6. The molecule has 0 bridgehead atoms. The minimum atomic E-state index is -0.410. The Morgan fingerprint density at radius 2 is 0.909 bits per heavy atom. The summed E-state index contributed by atoms with van der Waals surface area (Å²) < 4.78 is 4.58. The first-order valence-corrected chi connectivity index (χ1v) is 19.2. The molecule has 0 radical (unpaired) electrons. The van der Waals surface area contributed by atoms with Crippen molar-refractivity contribution < 1.29 is 9.85 Å². The molecule has 0 aliphatic carbocycles. The number of halogens is 2. The second kappa shape index (κ2) is 15.5. The van der Waals surface area contributed by atoms with Crippen molar-refractivity contribution in [1.82, 2.24) is 19.1 Å². The van der Waals surface area contributed by atoms with Gasteiger partial charge >= 0.3 is 0 Å². The van der Waals surface area contributed by atoms with Crippen molar-refractivity contribution in [2.75, 3.05) is 0 Å². The Morgan fingerprint density at radius 3 is 1.33 bits per heavy atom. The van der Waals surface area contributed by atoms with Crippen LogP contribution >= 0.6 is 23.2 Å². The molecule has 0 aliphatic heterocycles. The molecule has 0 fully saturated rings. The predicted octanol–water partition coefficient (Wildman–Crippen LogP) is 12.6. The number of rotatable bonds is 14. The summed E-state index contributed by atoms with van der Waals surface area (Å²) in [4.78, 5) is 31.8. The van der Waals surface area contributed by atoms with Crippen LogP contribution in [0.25, 0.3) is 66.1 Å². The van der Waals surface area contributed by atoms with E-state index in [1.807, 2.05) is 36.4 Å². The lowest BCUT2D eigenvalue weighted by molar-refractivity contribution is -0.385. The van der Waals surface area contributed by atoms with Gasteiger partial charge in [-0.3, -0.25) is 30.2 Å². The number of nitro groups is 2. The second-order valence-electron chi connectivity index (χ2n) is 13.8. The van der Waals surface area contributed by atoms with Crippen molar-refractivity contribution in [2.24, 2.45) is 0 Å². The third-order valence-electron chi connectivity index (χ3n) is 10.5. The fourth-order valence-corrected chi connectivity index (χ4v) is 8.32. The first kappa shape index (κ1) is 36.2. The Labute approximate surface area is 326 Å². The van der Waals surface area contributed by atoms with Gasteiger partial charge in [-0.15, -0.1) is 0 Å². The highest BCUT2D eigenvalue weighted by Gasteiger charge is 2.21. The Balaban J connectivity index is 0.941. The number of para-hydroxylation sites is 2. The standard InChI is InChI=1S/C43H36Cl2N6O4/c44-36-18-16-28(50(52)53)26-34(36)40-42-32(20-22-46-40)30-12-6-8-14-38(30)48(42)24-10-4-2-1-3-5-11-25-49-39-15-9-7-13-31(39)33-21-23-47-41(43(33)49)35-27-29(51(54)55)17-19-37(35)45/h6-9,12-23,26-27H,1-5,10-11,24-25H2. The molecule has 55 heavy (non-hydrogen) atoms. The molecule has 12 heteroatoms. The van der Waals surface area contributed by atoms with Crippen LogP contribution in [0.5, 0.6) is 0 Å². The molecule has 4 aromatic carbocycles. The van der Waals surface area contributed by atoms with E-state index in [1.54, 1.807) is 24.5 Å². The van der Waals surface area contributed by atoms with Gasteiger partial charge in [-0.05, 0) is 49.2 Å². The van der Waals surface area contributed by atoms with Gasteiger partial charge in [0, 0.05) is 93.5 Å². The first-order chi connectivity index (χ1) is 26.8. The molecule has 0 amide bonds. The summed E-state index contributed by atoms with van der Waals surface area (Å²) >= 11 is 13.2. The quantitative estimate of drug-likeness (QED) is 0.0616. The largest absolute Gasteiger partial charge is 0.339 e. The summed E-state index contributed by atoms with van der Waals surface area (Å²) in [6.07, 6.45) is 10.9. The monoisotopic (exact) mass is 770 g/mol. The number of non-ortho nitro benzene ring substituents is 2. The molecule has 0 saturated heterocycles. The Kier molecular flexibility index (Phi) is 10.2. The summed E-state index contributed by atoms with van der Waals surface area (Å²) in [6.45, 7) is 1.57. The molecule has 0 saturated carbocycles. The van der Waals surface area contributed by atoms with Crippen LogP contribution in [0.1, 0.15) is 44.9 Å². The highest BCUT2D eigenvalue weighted by atomic mass is 35.5. The SMILES string of the molecule is O=[N+]([O-])c1ccc(Cl)c(-c2nccc3c4ccccc4n(CCCCCCCCCn4c5ccccc5c5ccnc(-c6cc([N+](=O)[O-])ccc6Cl)c54)c23)c1. The number of benzene rings is 4. The number of pyridine rings is 2. The van der Waals surface area contributed by atoms with Crippen LogP contribution in [0, 0.1) is 20.2 Å². The minimum Gasteiger partial charge on any atom is -0.339 e. The molecule has 4 heterocycles. The second-order valence-corrected chi connectivity index (χ2v) is 14.6. The van der Waals surface area contributed by atoms with E-state index in [9.17, 15) is 20.2 Å². The highest BCUT2D eigenvalue weighted by molar-refractivity contribution is 6.34. The molecule has 10 nitrogen and oxygen atoms in total. The van der Waals surface area contributed by atoms with E-state index < -0.39 is 9.85 Å². The van der Waals surface area contributed by atoms with Gasteiger partial charge in [-0.1, -0.05) is 91.7 Å². The summed E-state index contributed by atoms with van der Waals surface area (Å²) in [5.41, 5.74) is 6.40. The van der Waals surface area contributed by atoms with Gasteiger partial charge in [0.05, 0.1) is 42.3 Å². The molecule has 8 rings (SSSR count). The van der Waals surface area contributed by atoms with E-state index in [4.69, 9.17) is 33.2 Å². The summed E-state index contributed by atoms with van der Waals surface area (Å²) in [5, 5.41) is 28.4. The molecule has 276 valence electrons. The number of nitro benzene ring substituents is 2. The maximum atomic E-state index is 11.6. The summed E-state index contributed by atoms with van der Waals surface area (Å²) in [7, 11) is 0. The zero-order chi connectivity index (χ0) is 38.1. The van der Waals surface area contributed by atoms with Gasteiger partial charge in [-0.2, -0.15) is 0 Å². The van der Waals surface area contributed by atoms with Crippen molar-refractivity contribution in [3.8, 4) is 22.5 Å². The molecule has 4 aromatic heterocycles.